The monoisotopic (exact) mass is 227 g/mol. The SMILES string of the molecule is CC(CCl)CNC(=O)CS(C)(=O)=O. The van der Waals surface area contributed by atoms with Gasteiger partial charge in [-0.15, -0.1) is 11.6 Å². The standard InChI is InChI=1S/C7H14ClNO3S/c1-6(3-8)4-9-7(10)5-13(2,11)12/h6H,3-5H2,1-2H3,(H,9,10). The van der Waals surface area contributed by atoms with Gasteiger partial charge < -0.3 is 5.32 Å². The summed E-state index contributed by atoms with van der Waals surface area (Å²) in [6, 6.07) is 0. The van der Waals surface area contributed by atoms with Gasteiger partial charge in [0.15, 0.2) is 9.84 Å². The van der Waals surface area contributed by atoms with Crippen molar-refractivity contribution in [1.29, 1.82) is 0 Å². The van der Waals surface area contributed by atoms with E-state index in [-0.39, 0.29) is 5.92 Å². The molecule has 0 aliphatic rings. The second-order valence-corrected chi connectivity index (χ2v) is 5.58. The zero-order valence-electron chi connectivity index (χ0n) is 7.71. The van der Waals surface area contributed by atoms with E-state index in [0.717, 1.165) is 6.26 Å². The minimum absolute atomic E-state index is 0.158. The Kier molecular flexibility index (Phi) is 5.32. The molecule has 78 valence electrons. The Hall–Kier alpha value is -0.290. The Morgan fingerprint density at radius 2 is 2.08 bits per heavy atom. The number of carbonyl (C=O) groups is 1. The van der Waals surface area contributed by atoms with Crippen LogP contribution in [0.2, 0.25) is 0 Å². The Bertz CT molecular complexity index is 263. The summed E-state index contributed by atoms with van der Waals surface area (Å²) in [4.78, 5) is 10.9. The number of hydrogen-bond acceptors (Lipinski definition) is 3. The van der Waals surface area contributed by atoms with E-state index in [0.29, 0.717) is 12.4 Å². The lowest BCUT2D eigenvalue weighted by Crippen LogP contribution is -2.33. The van der Waals surface area contributed by atoms with Crippen LogP contribution < -0.4 is 5.32 Å². The number of halogens is 1. The molecule has 0 aromatic heterocycles. The summed E-state index contributed by atoms with van der Waals surface area (Å²) in [6.45, 7) is 2.28. The first-order valence-electron chi connectivity index (χ1n) is 3.85. The van der Waals surface area contributed by atoms with Crippen molar-refractivity contribution in [3.63, 3.8) is 0 Å². The highest BCUT2D eigenvalue weighted by atomic mass is 35.5. The van der Waals surface area contributed by atoms with Crippen LogP contribution >= 0.6 is 11.6 Å². The van der Waals surface area contributed by atoms with Gasteiger partial charge in [0, 0.05) is 18.7 Å². The molecule has 0 rings (SSSR count). The number of amides is 1. The molecule has 1 unspecified atom stereocenters. The van der Waals surface area contributed by atoms with E-state index < -0.39 is 21.5 Å². The average molecular weight is 228 g/mol. The van der Waals surface area contributed by atoms with Gasteiger partial charge in [-0.25, -0.2) is 8.42 Å². The Labute approximate surface area is 83.6 Å². The highest BCUT2D eigenvalue weighted by Gasteiger charge is 2.10. The molecule has 0 spiro atoms. The van der Waals surface area contributed by atoms with Crippen LogP contribution in [0, 0.1) is 5.92 Å². The molecule has 6 heteroatoms. The average Bonchev–Trinajstić information content (AvgIpc) is 1.97. The van der Waals surface area contributed by atoms with E-state index in [1.807, 2.05) is 6.92 Å². The van der Waals surface area contributed by atoms with Crippen LogP contribution in [0.25, 0.3) is 0 Å². The van der Waals surface area contributed by atoms with E-state index in [1.165, 1.54) is 0 Å². The molecule has 1 N–H and O–H groups in total. The third-order valence-electron chi connectivity index (χ3n) is 1.30. The van der Waals surface area contributed by atoms with Crippen molar-refractivity contribution in [3.05, 3.63) is 0 Å². The summed E-state index contributed by atoms with van der Waals surface area (Å²) in [5.74, 6) is -0.328. The molecule has 0 bridgehead atoms. The van der Waals surface area contributed by atoms with Crippen LogP contribution in [-0.2, 0) is 14.6 Å². The van der Waals surface area contributed by atoms with Crippen LogP contribution in [0.3, 0.4) is 0 Å². The summed E-state index contributed by atoms with van der Waals surface area (Å²) < 4.78 is 21.3. The van der Waals surface area contributed by atoms with Crippen LogP contribution in [-0.4, -0.2) is 38.8 Å². The lowest BCUT2D eigenvalue weighted by molar-refractivity contribution is -0.118. The molecule has 0 heterocycles. The number of sulfone groups is 1. The molecule has 0 aromatic rings. The number of hydrogen-bond donors (Lipinski definition) is 1. The quantitative estimate of drug-likeness (QED) is 0.674. The van der Waals surface area contributed by atoms with Crippen LogP contribution in [0.1, 0.15) is 6.92 Å². The second kappa shape index (κ2) is 5.44. The molecular weight excluding hydrogens is 214 g/mol. The molecule has 0 aliphatic carbocycles. The number of nitrogens with one attached hydrogen (secondary N) is 1. The minimum atomic E-state index is -3.22. The zero-order chi connectivity index (χ0) is 10.5. The summed E-state index contributed by atoms with van der Waals surface area (Å²) in [7, 11) is -3.22. The fraction of sp³-hybridized carbons (Fsp3) is 0.857. The van der Waals surface area contributed by atoms with Crippen molar-refractivity contribution in [1.82, 2.24) is 5.32 Å². The van der Waals surface area contributed by atoms with Crippen molar-refractivity contribution >= 4 is 27.3 Å². The van der Waals surface area contributed by atoms with E-state index in [1.54, 1.807) is 0 Å². The van der Waals surface area contributed by atoms with Crippen molar-refractivity contribution in [2.45, 2.75) is 6.92 Å². The Balaban J connectivity index is 3.77. The number of alkyl halides is 1. The molecule has 4 nitrogen and oxygen atoms in total. The molecule has 1 amide bonds. The Morgan fingerprint density at radius 1 is 1.54 bits per heavy atom. The third kappa shape index (κ3) is 8.05. The topological polar surface area (TPSA) is 63.2 Å². The smallest absolute Gasteiger partial charge is 0.235 e. The van der Waals surface area contributed by atoms with Crippen LogP contribution in [0.15, 0.2) is 0 Å². The summed E-state index contributed by atoms with van der Waals surface area (Å²) in [5, 5.41) is 2.49. The molecule has 0 aliphatic heterocycles. The molecule has 0 saturated heterocycles. The number of rotatable bonds is 5. The van der Waals surface area contributed by atoms with Gasteiger partial charge in [0.05, 0.1) is 0 Å². The Morgan fingerprint density at radius 3 is 2.46 bits per heavy atom. The maximum Gasteiger partial charge on any atom is 0.235 e. The lowest BCUT2D eigenvalue weighted by Gasteiger charge is -2.08. The zero-order valence-corrected chi connectivity index (χ0v) is 9.28. The second-order valence-electron chi connectivity index (χ2n) is 3.13. The fourth-order valence-corrected chi connectivity index (χ4v) is 1.32. The van der Waals surface area contributed by atoms with E-state index >= 15 is 0 Å². The summed E-state index contributed by atoms with van der Waals surface area (Å²) in [5.41, 5.74) is 0. The minimum Gasteiger partial charge on any atom is -0.355 e. The van der Waals surface area contributed by atoms with Gasteiger partial charge in [0.1, 0.15) is 5.75 Å². The van der Waals surface area contributed by atoms with E-state index in [2.05, 4.69) is 5.32 Å². The third-order valence-corrected chi connectivity index (χ3v) is 2.62. The summed E-state index contributed by atoms with van der Waals surface area (Å²) in [6.07, 6.45) is 1.03. The van der Waals surface area contributed by atoms with E-state index in [4.69, 9.17) is 11.6 Å². The predicted molar refractivity (Wildman–Crippen MR) is 52.6 cm³/mol. The van der Waals surface area contributed by atoms with Gasteiger partial charge in [-0.1, -0.05) is 6.92 Å². The van der Waals surface area contributed by atoms with Gasteiger partial charge >= 0.3 is 0 Å². The fourth-order valence-electron chi connectivity index (χ4n) is 0.632. The van der Waals surface area contributed by atoms with Crippen LogP contribution in [0.5, 0.6) is 0 Å². The first-order chi connectivity index (χ1) is 5.85. The van der Waals surface area contributed by atoms with Gasteiger partial charge in [0.25, 0.3) is 0 Å². The maximum absolute atomic E-state index is 10.9. The first-order valence-corrected chi connectivity index (χ1v) is 6.45. The van der Waals surface area contributed by atoms with Gasteiger partial charge in [0.2, 0.25) is 5.91 Å². The molecule has 13 heavy (non-hydrogen) atoms. The van der Waals surface area contributed by atoms with Crippen molar-refractivity contribution < 1.29 is 13.2 Å². The normalized spacial score (nSPS) is 13.8. The van der Waals surface area contributed by atoms with Crippen molar-refractivity contribution in [3.8, 4) is 0 Å². The lowest BCUT2D eigenvalue weighted by atomic mass is 10.2. The number of carbonyl (C=O) groups excluding carboxylic acids is 1. The highest BCUT2D eigenvalue weighted by molar-refractivity contribution is 7.91. The molecular formula is C7H14ClNO3S. The summed E-state index contributed by atoms with van der Waals surface area (Å²) >= 11 is 5.50. The molecule has 0 fully saturated rings. The molecule has 1 atom stereocenters. The van der Waals surface area contributed by atoms with E-state index in [9.17, 15) is 13.2 Å². The van der Waals surface area contributed by atoms with Gasteiger partial charge in [-0.05, 0) is 5.92 Å². The highest BCUT2D eigenvalue weighted by Crippen LogP contribution is 1.94. The van der Waals surface area contributed by atoms with Gasteiger partial charge in [-0.2, -0.15) is 0 Å². The predicted octanol–water partition coefficient (Wildman–Crippen LogP) is 0.0221. The maximum atomic E-state index is 10.9. The van der Waals surface area contributed by atoms with Crippen LogP contribution in [0.4, 0.5) is 0 Å². The molecule has 0 radical (unpaired) electrons. The van der Waals surface area contributed by atoms with Gasteiger partial charge in [-0.3, -0.25) is 4.79 Å². The van der Waals surface area contributed by atoms with Crippen molar-refractivity contribution in [2.24, 2.45) is 5.92 Å². The molecule has 0 aromatic carbocycles. The van der Waals surface area contributed by atoms with Crippen molar-refractivity contribution in [2.75, 3.05) is 24.4 Å². The molecule has 0 saturated carbocycles. The largest absolute Gasteiger partial charge is 0.355 e. The first kappa shape index (κ1) is 12.7.